The molecule has 0 aromatic carbocycles. The Bertz CT molecular complexity index is 174. The van der Waals surface area contributed by atoms with Crippen molar-refractivity contribution in [3.8, 4) is 0 Å². The van der Waals surface area contributed by atoms with E-state index in [0.717, 1.165) is 12.3 Å². The molecular formula is C12H28N2O2. The number of aliphatic carboxylic acids is 1. The number of carbonyl (C=O) groups is 1. The summed E-state index contributed by atoms with van der Waals surface area (Å²) in [6.07, 6.45) is 1.74. The van der Waals surface area contributed by atoms with E-state index in [4.69, 9.17) is 16.6 Å². The maximum absolute atomic E-state index is 10.3. The van der Waals surface area contributed by atoms with Crippen LogP contribution in [0, 0.1) is 11.8 Å². The molecule has 0 bridgehead atoms. The predicted octanol–water partition coefficient (Wildman–Crippen LogP) is 1.82. The standard InChI is InChI=1S/C6H13NO2.C6H15N/c1-3-5(4(2)7)6(8)9;1-5(2)4-6(3)7/h4-5H,3,7H2,1-2H3,(H,8,9);5-6H,4,7H2,1-3H3. The van der Waals surface area contributed by atoms with Gasteiger partial charge in [0.25, 0.3) is 0 Å². The van der Waals surface area contributed by atoms with Gasteiger partial charge in [-0.05, 0) is 32.6 Å². The lowest BCUT2D eigenvalue weighted by Gasteiger charge is -2.12. The zero-order valence-corrected chi connectivity index (χ0v) is 11.2. The van der Waals surface area contributed by atoms with Crippen molar-refractivity contribution in [3.05, 3.63) is 0 Å². The number of carboxylic acids is 1. The lowest BCUT2D eigenvalue weighted by atomic mass is 10.00. The normalized spacial score (nSPS) is 16.0. The van der Waals surface area contributed by atoms with Crippen molar-refractivity contribution >= 4 is 5.97 Å². The fraction of sp³-hybridized carbons (Fsp3) is 0.917. The van der Waals surface area contributed by atoms with Gasteiger partial charge in [0.1, 0.15) is 0 Å². The van der Waals surface area contributed by atoms with Crippen molar-refractivity contribution in [2.24, 2.45) is 23.3 Å². The first-order chi connectivity index (χ1) is 7.22. The smallest absolute Gasteiger partial charge is 0.308 e. The van der Waals surface area contributed by atoms with Gasteiger partial charge in [0.2, 0.25) is 0 Å². The molecule has 0 heterocycles. The highest BCUT2D eigenvalue weighted by molar-refractivity contribution is 5.70. The summed E-state index contributed by atoms with van der Waals surface area (Å²) >= 11 is 0. The summed E-state index contributed by atoms with van der Waals surface area (Å²) in [6.45, 7) is 9.94. The fourth-order valence-electron chi connectivity index (χ4n) is 1.51. The van der Waals surface area contributed by atoms with Crippen molar-refractivity contribution in [2.45, 2.75) is 59.5 Å². The van der Waals surface area contributed by atoms with E-state index >= 15 is 0 Å². The minimum atomic E-state index is -0.799. The quantitative estimate of drug-likeness (QED) is 0.674. The van der Waals surface area contributed by atoms with Gasteiger partial charge >= 0.3 is 5.97 Å². The molecule has 0 rings (SSSR count). The molecule has 3 atom stereocenters. The molecule has 0 aromatic rings. The molecule has 0 aromatic heterocycles. The second kappa shape index (κ2) is 9.60. The summed E-state index contributed by atoms with van der Waals surface area (Å²) in [5.41, 5.74) is 10.9. The molecule has 16 heavy (non-hydrogen) atoms. The SMILES string of the molecule is CC(C)CC(C)N.CCC(C(=O)O)C(C)N. The van der Waals surface area contributed by atoms with Crippen molar-refractivity contribution in [1.29, 1.82) is 0 Å². The Kier molecular flexibility index (Phi) is 10.7. The highest BCUT2D eigenvalue weighted by Crippen LogP contribution is 2.05. The molecular weight excluding hydrogens is 204 g/mol. The van der Waals surface area contributed by atoms with Crippen LogP contribution in [0.2, 0.25) is 0 Å². The molecule has 4 nitrogen and oxygen atoms in total. The Hall–Kier alpha value is -0.610. The highest BCUT2D eigenvalue weighted by Gasteiger charge is 2.18. The molecule has 0 amide bonds. The van der Waals surface area contributed by atoms with Gasteiger partial charge in [0.05, 0.1) is 5.92 Å². The third kappa shape index (κ3) is 11.5. The molecule has 0 spiro atoms. The van der Waals surface area contributed by atoms with Crippen LogP contribution < -0.4 is 11.5 Å². The van der Waals surface area contributed by atoms with Crippen LogP contribution in [0.4, 0.5) is 0 Å². The number of hydrogen-bond donors (Lipinski definition) is 3. The molecule has 0 fully saturated rings. The summed E-state index contributed by atoms with van der Waals surface area (Å²) in [5.74, 6) is -0.433. The lowest BCUT2D eigenvalue weighted by molar-refractivity contribution is -0.142. The minimum absolute atomic E-state index is 0.243. The van der Waals surface area contributed by atoms with Gasteiger partial charge in [-0.15, -0.1) is 0 Å². The van der Waals surface area contributed by atoms with E-state index in [1.807, 2.05) is 13.8 Å². The van der Waals surface area contributed by atoms with Crippen molar-refractivity contribution in [3.63, 3.8) is 0 Å². The average molecular weight is 232 g/mol. The Balaban J connectivity index is 0. The average Bonchev–Trinajstić information content (AvgIpc) is 2.01. The highest BCUT2D eigenvalue weighted by atomic mass is 16.4. The Morgan fingerprint density at radius 1 is 1.19 bits per heavy atom. The third-order valence-corrected chi connectivity index (χ3v) is 2.23. The summed E-state index contributed by atoms with van der Waals surface area (Å²) in [4.78, 5) is 10.3. The van der Waals surface area contributed by atoms with E-state index in [9.17, 15) is 4.79 Å². The summed E-state index contributed by atoms with van der Waals surface area (Å²) < 4.78 is 0. The fourth-order valence-corrected chi connectivity index (χ4v) is 1.51. The number of hydrogen-bond acceptors (Lipinski definition) is 3. The van der Waals surface area contributed by atoms with Crippen molar-refractivity contribution < 1.29 is 9.90 Å². The van der Waals surface area contributed by atoms with Gasteiger partial charge < -0.3 is 16.6 Å². The largest absolute Gasteiger partial charge is 0.481 e. The molecule has 98 valence electrons. The molecule has 0 saturated carbocycles. The van der Waals surface area contributed by atoms with Crippen LogP contribution in [0.15, 0.2) is 0 Å². The van der Waals surface area contributed by atoms with Crippen LogP contribution in [0.1, 0.15) is 47.5 Å². The maximum Gasteiger partial charge on any atom is 0.308 e. The third-order valence-electron chi connectivity index (χ3n) is 2.23. The van der Waals surface area contributed by atoms with Gasteiger partial charge in [-0.1, -0.05) is 20.8 Å². The van der Waals surface area contributed by atoms with Crippen LogP contribution in [0.5, 0.6) is 0 Å². The van der Waals surface area contributed by atoms with E-state index in [1.165, 1.54) is 0 Å². The maximum atomic E-state index is 10.3. The molecule has 5 N–H and O–H groups in total. The first-order valence-corrected chi connectivity index (χ1v) is 5.96. The van der Waals surface area contributed by atoms with Crippen LogP contribution in [0.3, 0.4) is 0 Å². The second-order valence-electron chi connectivity index (χ2n) is 4.82. The molecule has 0 saturated heterocycles. The lowest BCUT2D eigenvalue weighted by Crippen LogP contribution is -2.32. The van der Waals surface area contributed by atoms with E-state index in [1.54, 1.807) is 6.92 Å². The van der Waals surface area contributed by atoms with Crippen LogP contribution >= 0.6 is 0 Å². The molecule has 0 aliphatic rings. The second-order valence-corrected chi connectivity index (χ2v) is 4.82. The first kappa shape index (κ1) is 17.8. The number of carboxylic acid groups (broad SMARTS) is 1. The summed E-state index contributed by atoms with van der Waals surface area (Å²) in [7, 11) is 0. The van der Waals surface area contributed by atoms with Gasteiger partial charge in [-0.3, -0.25) is 4.79 Å². The van der Waals surface area contributed by atoms with Gasteiger partial charge in [-0.2, -0.15) is 0 Å². The Morgan fingerprint density at radius 2 is 1.62 bits per heavy atom. The van der Waals surface area contributed by atoms with E-state index in [2.05, 4.69) is 13.8 Å². The Morgan fingerprint density at radius 3 is 1.62 bits per heavy atom. The van der Waals surface area contributed by atoms with Gasteiger partial charge in [-0.25, -0.2) is 0 Å². The van der Waals surface area contributed by atoms with E-state index in [0.29, 0.717) is 12.5 Å². The van der Waals surface area contributed by atoms with Crippen molar-refractivity contribution in [2.75, 3.05) is 0 Å². The molecule has 0 aliphatic heterocycles. The topological polar surface area (TPSA) is 89.3 Å². The van der Waals surface area contributed by atoms with Gasteiger partial charge in [0.15, 0.2) is 0 Å². The molecule has 3 unspecified atom stereocenters. The summed E-state index contributed by atoms with van der Waals surface area (Å²) in [6, 6.07) is 0.132. The van der Waals surface area contributed by atoms with Crippen molar-refractivity contribution in [1.82, 2.24) is 0 Å². The first-order valence-electron chi connectivity index (χ1n) is 5.96. The molecule has 4 heteroatoms. The molecule has 0 radical (unpaired) electrons. The van der Waals surface area contributed by atoms with E-state index in [-0.39, 0.29) is 12.0 Å². The monoisotopic (exact) mass is 232 g/mol. The number of rotatable bonds is 5. The predicted molar refractivity (Wildman–Crippen MR) is 68.2 cm³/mol. The van der Waals surface area contributed by atoms with Crippen LogP contribution in [-0.4, -0.2) is 23.2 Å². The van der Waals surface area contributed by atoms with Crippen LogP contribution in [-0.2, 0) is 4.79 Å². The Labute approximate surface area is 99.4 Å². The summed E-state index contributed by atoms with van der Waals surface area (Å²) in [5, 5.41) is 8.46. The van der Waals surface area contributed by atoms with E-state index < -0.39 is 5.97 Å². The van der Waals surface area contributed by atoms with Gasteiger partial charge in [0, 0.05) is 12.1 Å². The zero-order valence-electron chi connectivity index (χ0n) is 11.2. The zero-order chi connectivity index (χ0) is 13.3. The molecule has 0 aliphatic carbocycles. The number of nitrogens with two attached hydrogens (primary N) is 2. The minimum Gasteiger partial charge on any atom is -0.481 e. The van der Waals surface area contributed by atoms with Crippen LogP contribution in [0.25, 0.3) is 0 Å².